The van der Waals surface area contributed by atoms with Crippen LogP contribution in [0.5, 0.6) is 0 Å². The molecule has 2 N–H and O–H groups in total. The number of hydrogen-bond donors (Lipinski definition) is 2. The van der Waals surface area contributed by atoms with Crippen molar-refractivity contribution in [3.63, 3.8) is 0 Å². The van der Waals surface area contributed by atoms with Crippen molar-refractivity contribution in [3.8, 4) is 0 Å². The number of anilines is 1. The standard InChI is InChI=1S/C20H23NO2/c1-5-13-10-15(18(22)14-8-6-12(2)7-9-14)17-16(11-13)20(3,4)19(23)21-17/h6-11,18,22H,5H2,1-4H3,(H,21,23). The molecule has 0 bridgehead atoms. The molecule has 0 spiro atoms. The van der Waals surface area contributed by atoms with Crippen LogP contribution in [-0.2, 0) is 16.6 Å². The summed E-state index contributed by atoms with van der Waals surface area (Å²) >= 11 is 0. The minimum absolute atomic E-state index is 0.0156. The summed E-state index contributed by atoms with van der Waals surface area (Å²) in [5, 5.41) is 13.8. The third-order valence-corrected chi connectivity index (χ3v) is 4.80. The molecule has 0 radical (unpaired) electrons. The van der Waals surface area contributed by atoms with Crippen LogP contribution in [0.2, 0.25) is 0 Å². The molecule has 0 saturated heterocycles. The van der Waals surface area contributed by atoms with Crippen molar-refractivity contribution in [2.75, 3.05) is 5.32 Å². The van der Waals surface area contributed by atoms with Crippen LogP contribution in [0.15, 0.2) is 36.4 Å². The quantitative estimate of drug-likeness (QED) is 0.904. The summed E-state index contributed by atoms with van der Waals surface area (Å²) in [7, 11) is 0. The van der Waals surface area contributed by atoms with E-state index in [1.807, 2.05) is 51.1 Å². The molecule has 3 heteroatoms. The lowest BCUT2D eigenvalue weighted by Gasteiger charge is -2.20. The fraction of sp³-hybridized carbons (Fsp3) is 0.350. The molecule has 3 nitrogen and oxygen atoms in total. The van der Waals surface area contributed by atoms with Gasteiger partial charge in [-0.15, -0.1) is 0 Å². The Labute approximate surface area is 137 Å². The number of carbonyl (C=O) groups excluding carboxylic acids is 1. The molecule has 1 amide bonds. The fourth-order valence-electron chi connectivity index (χ4n) is 3.10. The summed E-state index contributed by atoms with van der Waals surface area (Å²) in [6.45, 7) is 7.96. The molecule has 1 heterocycles. The zero-order valence-electron chi connectivity index (χ0n) is 14.1. The van der Waals surface area contributed by atoms with E-state index in [9.17, 15) is 9.90 Å². The van der Waals surface area contributed by atoms with Crippen molar-refractivity contribution in [3.05, 3.63) is 64.2 Å². The van der Waals surface area contributed by atoms with Crippen LogP contribution in [0, 0.1) is 6.92 Å². The van der Waals surface area contributed by atoms with Gasteiger partial charge in [-0.1, -0.05) is 48.9 Å². The first kappa shape index (κ1) is 15.8. The highest BCUT2D eigenvalue weighted by atomic mass is 16.3. The van der Waals surface area contributed by atoms with Crippen LogP contribution in [0.1, 0.15) is 54.7 Å². The SMILES string of the molecule is CCc1cc(C(O)c2ccc(C)cc2)c2c(c1)C(C)(C)C(=O)N2. The number of hydrogen-bond acceptors (Lipinski definition) is 2. The molecule has 1 unspecified atom stereocenters. The van der Waals surface area contributed by atoms with Crippen molar-refractivity contribution >= 4 is 11.6 Å². The molecule has 0 fully saturated rings. The Morgan fingerprint density at radius 3 is 2.43 bits per heavy atom. The Bertz CT molecular complexity index is 760. The number of carbonyl (C=O) groups is 1. The minimum atomic E-state index is -0.745. The second-order valence-electron chi connectivity index (χ2n) is 6.85. The number of aryl methyl sites for hydroxylation is 2. The van der Waals surface area contributed by atoms with Crippen molar-refractivity contribution < 1.29 is 9.90 Å². The van der Waals surface area contributed by atoms with Gasteiger partial charge in [0.05, 0.1) is 11.1 Å². The molecule has 0 saturated carbocycles. The average molecular weight is 309 g/mol. The van der Waals surface area contributed by atoms with Crippen LogP contribution < -0.4 is 5.32 Å². The summed E-state index contributed by atoms with van der Waals surface area (Å²) in [4.78, 5) is 12.3. The first-order chi connectivity index (χ1) is 10.8. The van der Waals surface area contributed by atoms with Gasteiger partial charge in [0.25, 0.3) is 0 Å². The highest BCUT2D eigenvalue weighted by Gasteiger charge is 2.40. The molecule has 0 aromatic heterocycles. The maximum absolute atomic E-state index is 12.3. The van der Waals surface area contributed by atoms with E-state index in [2.05, 4.69) is 18.3 Å². The van der Waals surface area contributed by atoms with Gasteiger partial charge < -0.3 is 10.4 Å². The van der Waals surface area contributed by atoms with Crippen LogP contribution in [0.25, 0.3) is 0 Å². The van der Waals surface area contributed by atoms with Crippen LogP contribution >= 0.6 is 0 Å². The number of benzene rings is 2. The number of nitrogens with one attached hydrogen (secondary N) is 1. The normalized spacial score (nSPS) is 16.8. The van der Waals surface area contributed by atoms with Gasteiger partial charge in [-0.3, -0.25) is 4.79 Å². The highest BCUT2D eigenvalue weighted by molar-refractivity contribution is 6.06. The summed E-state index contributed by atoms with van der Waals surface area (Å²) in [5.41, 5.74) is 5.08. The van der Waals surface area contributed by atoms with E-state index in [4.69, 9.17) is 0 Å². The Kier molecular flexibility index (Phi) is 3.77. The lowest BCUT2D eigenvalue weighted by Crippen LogP contribution is -2.26. The van der Waals surface area contributed by atoms with Crippen LogP contribution in [-0.4, -0.2) is 11.0 Å². The third kappa shape index (κ3) is 2.55. The Morgan fingerprint density at radius 1 is 1.17 bits per heavy atom. The number of fused-ring (bicyclic) bond motifs is 1. The summed E-state index contributed by atoms with van der Waals surface area (Å²) in [5.74, 6) is -0.0156. The zero-order valence-corrected chi connectivity index (χ0v) is 14.1. The molecule has 0 aliphatic carbocycles. The summed E-state index contributed by atoms with van der Waals surface area (Å²) in [6, 6.07) is 11.9. The van der Waals surface area contributed by atoms with Crippen molar-refractivity contribution in [2.45, 2.75) is 45.6 Å². The third-order valence-electron chi connectivity index (χ3n) is 4.80. The first-order valence-corrected chi connectivity index (χ1v) is 8.08. The molecule has 120 valence electrons. The maximum Gasteiger partial charge on any atom is 0.234 e. The van der Waals surface area contributed by atoms with Gasteiger partial charge in [0.2, 0.25) is 5.91 Å². The Balaban J connectivity index is 2.15. The minimum Gasteiger partial charge on any atom is -0.384 e. The van der Waals surface area contributed by atoms with E-state index >= 15 is 0 Å². The van der Waals surface area contributed by atoms with Crippen LogP contribution in [0.4, 0.5) is 5.69 Å². The van der Waals surface area contributed by atoms with Gasteiger partial charge in [-0.05, 0) is 43.9 Å². The Morgan fingerprint density at radius 2 is 1.83 bits per heavy atom. The van der Waals surface area contributed by atoms with E-state index in [1.165, 1.54) is 0 Å². The fourth-order valence-corrected chi connectivity index (χ4v) is 3.10. The van der Waals surface area contributed by atoms with E-state index in [-0.39, 0.29) is 5.91 Å². The predicted molar refractivity (Wildman–Crippen MR) is 92.7 cm³/mol. The number of rotatable bonds is 3. The number of aliphatic hydroxyl groups is 1. The van der Waals surface area contributed by atoms with Crippen LogP contribution in [0.3, 0.4) is 0 Å². The number of aliphatic hydroxyl groups excluding tert-OH is 1. The molecule has 3 rings (SSSR count). The van der Waals surface area contributed by atoms with E-state index < -0.39 is 11.5 Å². The smallest absolute Gasteiger partial charge is 0.234 e. The molecule has 2 aromatic rings. The molecule has 23 heavy (non-hydrogen) atoms. The molecule has 1 atom stereocenters. The second kappa shape index (κ2) is 5.50. The topological polar surface area (TPSA) is 49.3 Å². The van der Waals surface area contributed by atoms with E-state index in [1.54, 1.807) is 0 Å². The lowest BCUT2D eigenvalue weighted by molar-refractivity contribution is -0.119. The van der Waals surface area contributed by atoms with Gasteiger partial charge in [0.15, 0.2) is 0 Å². The van der Waals surface area contributed by atoms with Crippen molar-refractivity contribution in [1.82, 2.24) is 0 Å². The van der Waals surface area contributed by atoms with Gasteiger partial charge in [-0.2, -0.15) is 0 Å². The van der Waals surface area contributed by atoms with Gasteiger partial charge in [-0.25, -0.2) is 0 Å². The zero-order chi connectivity index (χ0) is 16.8. The second-order valence-corrected chi connectivity index (χ2v) is 6.85. The molecular formula is C20H23NO2. The predicted octanol–water partition coefficient (Wildman–Crippen LogP) is 3.87. The molecular weight excluding hydrogens is 286 g/mol. The van der Waals surface area contributed by atoms with Gasteiger partial charge >= 0.3 is 0 Å². The van der Waals surface area contributed by atoms with E-state index in [0.717, 1.165) is 39.9 Å². The monoisotopic (exact) mass is 309 g/mol. The maximum atomic E-state index is 12.3. The van der Waals surface area contributed by atoms with Gasteiger partial charge in [0.1, 0.15) is 6.10 Å². The van der Waals surface area contributed by atoms with Crippen molar-refractivity contribution in [2.24, 2.45) is 0 Å². The largest absolute Gasteiger partial charge is 0.384 e. The lowest BCUT2D eigenvalue weighted by atomic mass is 9.83. The first-order valence-electron chi connectivity index (χ1n) is 8.08. The van der Waals surface area contributed by atoms with Gasteiger partial charge in [0, 0.05) is 5.56 Å². The molecule has 1 aliphatic heterocycles. The summed E-state index contributed by atoms with van der Waals surface area (Å²) < 4.78 is 0. The summed E-state index contributed by atoms with van der Waals surface area (Å²) in [6.07, 6.45) is 0.121. The molecule has 2 aromatic carbocycles. The Hall–Kier alpha value is -2.13. The van der Waals surface area contributed by atoms with E-state index in [0.29, 0.717) is 0 Å². The average Bonchev–Trinajstić information content (AvgIpc) is 2.76. The highest BCUT2D eigenvalue weighted by Crippen LogP contribution is 2.43. The number of amides is 1. The molecule has 1 aliphatic rings. The van der Waals surface area contributed by atoms with Crippen molar-refractivity contribution in [1.29, 1.82) is 0 Å².